The van der Waals surface area contributed by atoms with Crippen LogP contribution in [0.3, 0.4) is 0 Å². The average Bonchev–Trinajstić information content (AvgIpc) is 2.19. The highest BCUT2D eigenvalue weighted by atomic mass is 35.5. The Morgan fingerprint density at radius 1 is 1.13 bits per heavy atom. The van der Waals surface area contributed by atoms with Crippen LogP contribution in [0.5, 0.6) is 0 Å². The molecule has 1 N–H and O–H groups in total. The number of benzene rings is 1. The summed E-state index contributed by atoms with van der Waals surface area (Å²) in [6.45, 7) is 8.81. The van der Waals surface area contributed by atoms with Crippen molar-refractivity contribution in [2.75, 3.05) is 31.1 Å². The first kappa shape index (κ1) is 12.3. The summed E-state index contributed by atoms with van der Waals surface area (Å²) in [6.07, 6.45) is 0. The third kappa shape index (κ3) is 2.86. The van der Waals surface area contributed by atoms with Crippen LogP contribution in [-0.2, 0) is 0 Å². The van der Waals surface area contributed by atoms with E-state index in [1.54, 1.807) is 0 Å². The third-order valence-corrected chi connectivity index (χ3v) is 2.81. The molecule has 0 aromatic heterocycles. The molecule has 2 nitrogen and oxygen atoms in total. The third-order valence-electron chi connectivity index (χ3n) is 2.81. The fourth-order valence-corrected chi connectivity index (χ4v) is 2.07. The van der Waals surface area contributed by atoms with Crippen molar-refractivity contribution in [1.82, 2.24) is 5.32 Å². The quantitative estimate of drug-likeness (QED) is 0.790. The maximum atomic E-state index is 3.37. The topological polar surface area (TPSA) is 15.3 Å². The molecule has 1 aliphatic heterocycles. The molecular weight excluding hydrogens is 208 g/mol. The second-order valence-electron chi connectivity index (χ2n) is 4.03. The largest absolute Gasteiger partial charge is 0.369 e. The van der Waals surface area contributed by atoms with Crippen LogP contribution >= 0.6 is 12.4 Å². The maximum absolute atomic E-state index is 3.37. The molecule has 0 unspecified atom stereocenters. The van der Waals surface area contributed by atoms with Gasteiger partial charge in [0.25, 0.3) is 0 Å². The summed E-state index contributed by atoms with van der Waals surface area (Å²) in [4.78, 5) is 2.46. The van der Waals surface area contributed by atoms with Gasteiger partial charge in [-0.1, -0.05) is 17.7 Å². The first-order chi connectivity index (χ1) is 6.77. The summed E-state index contributed by atoms with van der Waals surface area (Å²) in [5.74, 6) is 0. The van der Waals surface area contributed by atoms with E-state index in [2.05, 4.69) is 42.3 Å². The fraction of sp³-hybridized carbons (Fsp3) is 0.500. The number of rotatable bonds is 1. The molecule has 0 spiro atoms. The first-order valence-electron chi connectivity index (χ1n) is 5.30. The minimum absolute atomic E-state index is 0. The number of anilines is 1. The number of aryl methyl sites for hydroxylation is 2. The van der Waals surface area contributed by atoms with Crippen molar-refractivity contribution in [1.29, 1.82) is 0 Å². The van der Waals surface area contributed by atoms with Gasteiger partial charge in [-0.05, 0) is 25.5 Å². The van der Waals surface area contributed by atoms with Crippen LogP contribution in [0.4, 0.5) is 5.69 Å². The zero-order valence-corrected chi connectivity index (χ0v) is 10.2. The molecule has 0 saturated carbocycles. The van der Waals surface area contributed by atoms with E-state index in [0.29, 0.717) is 0 Å². The molecule has 0 radical (unpaired) electrons. The molecule has 1 heterocycles. The summed E-state index contributed by atoms with van der Waals surface area (Å²) in [6, 6.07) is 6.71. The molecule has 1 aliphatic rings. The second kappa shape index (κ2) is 5.38. The summed E-state index contributed by atoms with van der Waals surface area (Å²) >= 11 is 0. The van der Waals surface area contributed by atoms with E-state index in [9.17, 15) is 0 Å². The minimum Gasteiger partial charge on any atom is -0.369 e. The number of nitrogens with one attached hydrogen (secondary N) is 1. The minimum atomic E-state index is 0. The van der Waals surface area contributed by atoms with E-state index in [0.717, 1.165) is 26.2 Å². The lowest BCUT2D eigenvalue weighted by Crippen LogP contribution is -2.43. The molecule has 0 aliphatic carbocycles. The zero-order chi connectivity index (χ0) is 9.97. The number of nitrogens with zero attached hydrogens (tertiary/aromatic N) is 1. The molecule has 3 heteroatoms. The molecule has 15 heavy (non-hydrogen) atoms. The van der Waals surface area contributed by atoms with Crippen molar-refractivity contribution in [3.05, 3.63) is 29.3 Å². The summed E-state index contributed by atoms with van der Waals surface area (Å²) in [7, 11) is 0. The molecule has 1 aromatic rings. The fourth-order valence-electron chi connectivity index (χ4n) is 2.07. The highest BCUT2D eigenvalue weighted by Crippen LogP contribution is 2.21. The van der Waals surface area contributed by atoms with Gasteiger partial charge in [0, 0.05) is 31.9 Å². The smallest absolute Gasteiger partial charge is 0.0396 e. The number of hydrogen-bond acceptors (Lipinski definition) is 2. The summed E-state index contributed by atoms with van der Waals surface area (Å²) < 4.78 is 0. The van der Waals surface area contributed by atoms with Gasteiger partial charge in [-0.15, -0.1) is 12.4 Å². The van der Waals surface area contributed by atoms with Crippen LogP contribution in [0.15, 0.2) is 18.2 Å². The van der Waals surface area contributed by atoms with Gasteiger partial charge < -0.3 is 10.2 Å². The lowest BCUT2D eigenvalue weighted by atomic mass is 10.1. The summed E-state index contributed by atoms with van der Waals surface area (Å²) in [5, 5.41) is 3.37. The molecule has 2 rings (SSSR count). The van der Waals surface area contributed by atoms with Gasteiger partial charge in [-0.25, -0.2) is 0 Å². The number of halogens is 1. The van der Waals surface area contributed by atoms with Crippen molar-refractivity contribution in [2.45, 2.75) is 13.8 Å². The van der Waals surface area contributed by atoms with Crippen molar-refractivity contribution in [2.24, 2.45) is 0 Å². The number of piperazine rings is 1. The van der Waals surface area contributed by atoms with Crippen LogP contribution in [-0.4, -0.2) is 26.2 Å². The first-order valence-corrected chi connectivity index (χ1v) is 5.30. The van der Waals surface area contributed by atoms with E-state index in [1.807, 2.05) is 0 Å². The molecule has 1 aromatic carbocycles. The van der Waals surface area contributed by atoms with E-state index < -0.39 is 0 Å². The Bertz CT molecular complexity index is 319. The van der Waals surface area contributed by atoms with Crippen molar-refractivity contribution in [3.63, 3.8) is 0 Å². The van der Waals surface area contributed by atoms with Crippen LogP contribution in [0, 0.1) is 13.8 Å². The number of hydrogen-bond donors (Lipinski definition) is 1. The molecule has 0 bridgehead atoms. The van der Waals surface area contributed by atoms with Crippen molar-refractivity contribution < 1.29 is 0 Å². The monoisotopic (exact) mass is 226 g/mol. The molecule has 1 saturated heterocycles. The molecule has 84 valence electrons. The van der Waals surface area contributed by atoms with Gasteiger partial charge in [0.1, 0.15) is 0 Å². The van der Waals surface area contributed by atoms with Gasteiger partial charge in [-0.2, -0.15) is 0 Å². The van der Waals surface area contributed by atoms with Crippen molar-refractivity contribution >= 4 is 18.1 Å². The van der Waals surface area contributed by atoms with E-state index in [1.165, 1.54) is 16.8 Å². The predicted molar refractivity (Wildman–Crippen MR) is 68.2 cm³/mol. The maximum Gasteiger partial charge on any atom is 0.0396 e. The molecular formula is C12H19ClN2. The van der Waals surface area contributed by atoms with E-state index in [-0.39, 0.29) is 12.4 Å². The van der Waals surface area contributed by atoms with Crippen LogP contribution in [0.1, 0.15) is 11.1 Å². The van der Waals surface area contributed by atoms with Gasteiger partial charge in [-0.3, -0.25) is 0 Å². The van der Waals surface area contributed by atoms with E-state index in [4.69, 9.17) is 0 Å². The zero-order valence-electron chi connectivity index (χ0n) is 9.42. The Morgan fingerprint density at radius 2 is 1.80 bits per heavy atom. The standard InChI is InChI=1S/C12H18N2.ClH/c1-10-3-4-12(11(2)9-10)14-7-5-13-6-8-14;/h3-4,9,13H,5-8H2,1-2H3;1H. The normalized spacial score (nSPS) is 16.0. The van der Waals surface area contributed by atoms with Gasteiger partial charge in [0.2, 0.25) is 0 Å². The molecule has 1 fully saturated rings. The van der Waals surface area contributed by atoms with Gasteiger partial charge in [0.15, 0.2) is 0 Å². The van der Waals surface area contributed by atoms with Crippen molar-refractivity contribution in [3.8, 4) is 0 Å². The summed E-state index contributed by atoms with van der Waals surface area (Å²) in [5.41, 5.74) is 4.14. The van der Waals surface area contributed by atoms with Crippen LogP contribution < -0.4 is 10.2 Å². The lowest BCUT2D eigenvalue weighted by Gasteiger charge is -2.30. The molecule has 0 amide bonds. The highest BCUT2D eigenvalue weighted by molar-refractivity contribution is 5.85. The van der Waals surface area contributed by atoms with Gasteiger partial charge in [0.05, 0.1) is 0 Å². The Morgan fingerprint density at radius 3 is 2.40 bits per heavy atom. The lowest BCUT2D eigenvalue weighted by molar-refractivity contribution is 0.588. The highest BCUT2D eigenvalue weighted by Gasteiger charge is 2.11. The Balaban J connectivity index is 0.00000112. The predicted octanol–water partition coefficient (Wildman–Crippen LogP) is 2.13. The Labute approximate surface area is 98.1 Å². The molecule has 0 atom stereocenters. The van der Waals surface area contributed by atoms with Crippen LogP contribution in [0.25, 0.3) is 0 Å². The SMILES string of the molecule is Cc1ccc(N2CCNCC2)c(C)c1.Cl. The second-order valence-corrected chi connectivity index (χ2v) is 4.03. The van der Waals surface area contributed by atoms with E-state index >= 15 is 0 Å². The average molecular weight is 227 g/mol. The van der Waals surface area contributed by atoms with Crippen LogP contribution in [0.2, 0.25) is 0 Å². The Kier molecular flexibility index (Phi) is 4.43. The Hall–Kier alpha value is -0.730. The van der Waals surface area contributed by atoms with Gasteiger partial charge >= 0.3 is 0 Å².